The lowest BCUT2D eigenvalue weighted by Gasteiger charge is -2.27. The van der Waals surface area contributed by atoms with Crippen molar-refractivity contribution < 1.29 is 14.7 Å². The smallest absolute Gasteiger partial charge is 0.242 e. The standard InChI is InChI=1S/C15H28N2O3/c1-4-11(5-2)13(18)10-16-15(20)12(6-3)17-9-7-8-14(17)19/h11-13,18H,4-10H2,1-3H3,(H,16,20). The van der Waals surface area contributed by atoms with Gasteiger partial charge >= 0.3 is 0 Å². The van der Waals surface area contributed by atoms with Crippen molar-refractivity contribution in [3.05, 3.63) is 0 Å². The minimum Gasteiger partial charge on any atom is -0.391 e. The molecule has 5 heteroatoms. The number of likely N-dealkylation sites (tertiary alicyclic amines) is 1. The van der Waals surface area contributed by atoms with Crippen LogP contribution in [0.15, 0.2) is 0 Å². The van der Waals surface area contributed by atoms with Crippen LogP contribution in [0, 0.1) is 5.92 Å². The van der Waals surface area contributed by atoms with Gasteiger partial charge in [0, 0.05) is 19.5 Å². The molecule has 0 aliphatic carbocycles. The number of nitrogens with zero attached hydrogens (tertiary/aromatic N) is 1. The van der Waals surface area contributed by atoms with E-state index in [-0.39, 0.29) is 30.3 Å². The van der Waals surface area contributed by atoms with E-state index in [1.807, 2.05) is 20.8 Å². The van der Waals surface area contributed by atoms with E-state index in [1.165, 1.54) is 0 Å². The van der Waals surface area contributed by atoms with E-state index in [9.17, 15) is 14.7 Å². The summed E-state index contributed by atoms with van der Waals surface area (Å²) in [6.45, 7) is 6.92. The number of hydrogen-bond donors (Lipinski definition) is 2. The molecule has 2 atom stereocenters. The number of carbonyl (C=O) groups is 2. The van der Waals surface area contributed by atoms with Crippen molar-refractivity contribution in [2.75, 3.05) is 13.1 Å². The lowest BCUT2D eigenvalue weighted by atomic mass is 9.96. The summed E-state index contributed by atoms with van der Waals surface area (Å²) in [5, 5.41) is 12.8. The Hall–Kier alpha value is -1.10. The van der Waals surface area contributed by atoms with Crippen LogP contribution in [-0.4, -0.2) is 47.1 Å². The summed E-state index contributed by atoms with van der Waals surface area (Å²) in [7, 11) is 0. The van der Waals surface area contributed by atoms with Gasteiger partial charge in [-0.15, -0.1) is 0 Å². The Kier molecular flexibility index (Phi) is 6.99. The van der Waals surface area contributed by atoms with Crippen LogP contribution >= 0.6 is 0 Å². The molecule has 1 heterocycles. The van der Waals surface area contributed by atoms with Gasteiger partial charge in [-0.1, -0.05) is 33.6 Å². The van der Waals surface area contributed by atoms with Gasteiger partial charge in [-0.2, -0.15) is 0 Å². The van der Waals surface area contributed by atoms with Crippen LogP contribution in [0.4, 0.5) is 0 Å². The van der Waals surface area contributed by atoms with Gasteiger partial charge in [0.25, 0.3) is 0 Å². The molecule has 0 aromatic heterocycles. The van der Waals surface area contributed by atoms with Crippen LogP contribution in [0.1, 0.15) is 52.9 Å². The van der Waals surface area contributed by atoms with E-state index in [2.05, 4.69) is 5.32 Å². The number of hydrogen-bond acceptors (Lipinski definition) is 3. The SMILES string of the molecule is CCC(CC)C(O)CNC(=O)C(CC)N1CCCC1=O. The van der Waals surface area contributed by atoms with Crippen LogP contribution in [0.5, 0.6) is 0 Å². The molecular weight excluding hydrogens is 256 g/mol. The Labute approximate surface area is 121 Å². The zero-order valence-electron chi connectivity index (χ0n) is 12.9. The molecular formula is C15H28N2O3. The first-order valence-electron chi connectivity index (χ1n) is 7.80. The molecule has 5 nitrogen and oxygen atoms in total. The molecule has 0 bridgehead atoms. The van der Waals surface area contributed by atoms with E-state index in [0.29, 0.717) is 19.4 Å². The minimum absolute atomic E-state index is 0.0625. The van der Waals surface area contributed by atoms with Crippen LogP contribution in [0.2, 0.25) is 0 Å². The van der Waals surface area contributed by atoms with E-state index >= 15 is 0 Å². The highest BCUT2D eigenvalue weighted by Crippen LogP contribution is 2.16. The molecule has 1 fully saturated rings. The van der Waals surface area contributed by atoms with Crippen molar-refractivity contribution in [1.29, 1.82) is 0 Å². The predicted molar refractivity (Wildman–Crippen MR) is 78.1 cm³/mol. The summed E-state index contributed by atoms with van der Waals surface area (Å²) >= 11 is 0. The van der Waals surface area contributed by atoms with Crippen LogP contribution in [0.25, 0.3) is 0 Å². The maximum atomic E-state index is 12.2. The van der Waals surface area contributed by atoms with E-state index in [4.69, 9.17) is 0 Å². The number of carbonyl (C=O) groups excluding carboxylic acids is 2. The van der Waals surface area contributed by atoms with Crippen LogP contribution in [0.3, 0.4) is 0 Å². The van der Waals surface area contributed by atoms with E-state index < -0.39 is 6.10 Å². The fourth-order valence-electron chi connectivity index (χ4n) is 2.87. The molecule has 2 N–H and O–H groups in total. The number of aliphatic hydroxyl groups is 1. The number of amides is 2. The molecule has 20 heavy (non-hydrogen) atoms. The minimum atomic E-state index is -0.513. The topological polar surface area (TPSA) is 69.6 Å². The second kappa shape index (κ2) is 8.25. The summed E-state index contributed by atoms with van der Waals surface area (Å²) in [6.07, 6.45) is 3.27. The van der Waals surface area contributed by atoms with Gasteiger partial charge in [0.1, 0.15) is 6.04 Å². The molecule has 116 valence electrons. The first kappa shape index (κ1) is 17.0. The third-order valence-corrected chi connectivity index (χ3v) is 4.25. The highest BCUT2D eigenvalue weighted by Gasteiger charge is 2.31. The predicted octanol–water partition coefficient (Wildman–Crippen LogP) is 1.30. The molecule has 2 amide bonds. The summed E-state index contributed by atoms with van der Waals surface area (Å²) < 4.78 is 0. The lowest BCUT2D eigenvalue weighted by Crippen LogP contribution is -2.49. The second-order valence-corrected chi connectivity index (χ2v) is 5.50. The fraction of sp³-hybridized carbons (Fsp3) is 0.867. The van der Waals surface area contributed by atoms with Crippen molar-refractivity contribution in [1.82, 2.24) is 10.2 Å². The molecule has 1 aliphatic rings. The summed E-state index contributed by atoms with van der Waals surface area (Å²) in [5.74, 6) is 0.129. The first-order chi connectivity index (χ1) is 9.54. The van der Waals surface area contributed by atoms with Crippen LogP contribution < -0.4 is 5.32 Å². The quantitative estimate of drug-likeness (QED) is 0.706. The average molecular weight is 284 g/mol. The maximum absolute atomic E-state index is 12.2. The number of aliphatic hydroxyl groups excluding tert-OH is 1. The Morgan fingerprint density at radius 3 is 2.40 bits per heavy atom. The molecule has 2 unspecified atom stereocenters. The summed E-state index contributed by atoms with van der Waals surface area (Å²) in [5.41, 5.74) is 0. The zero-order chi connectivity index (χ0) is 15.1. The van der Waals surface area contributed by atoms with Gasteiger partial charge in [-0.3, -0.25) is 9.59 Å². The van der Waals surface area contributed by atoms with Gasteiger partial charge in [0.15, 0.2) is 0 Å². The Bertz CT molecular complexity index is 329. The van der Waals surface area contributed by atoms with Crippen molar-refractivity contribution in [3.63, 3.8) is 0 Å². The molecule has 1 rings (SSSR count). The maximum Gasteiger partial charge on any atom is 0.242 e. The molecule has 0 aromatic carbocycles. The highest BCUT2D eigenvalue weighted by atomic mass is 16.3. The Morgan fingerprint density at radius 2 is 1.95 bits per heavy atom. The number of nitrogens with one attached hydrogen (secondary N) is 1. The molecule has 0 aromatic rings. The van der Waals surface area contributed by atoms with E-state index in [1.54, 1.807) is 4.90 Å². The molecule has 0 saturated carbocycles. The van der Waals surface area contributed by atoms with Gasteiger partial charge < -0.3 is 15.3 Å². The monoisotopic (exact) mass is 284 g/mol. The van der Waals surface area contributed by atoms with Gasteiger partial charge in [-0.25, -0.2) is 0 Å². The van der Waals surface area contributed by atoms with Gasteiger partial charge in [0.05, 0.1) is 6.10 Å². The third kappa shape index (κ3) is 4.20. The highest BCUT2D eigenvalue weighted by molar-refractivity contribution is 5.88. The number of rotatable bonds is 8. The lowest BCUT2D eigenvalue weighted by molar-refractivity contribution is -0.137. The average Bonchev–Trinajstić information content (AvgIpc) is 2.85. The van der Waals surface area contributed by atoms with Crippen molar-refractivity contribution in [2.45, 2.75) is 65.0 Å². The second-order valence-electron chi connectivity index (χ2n) is 5.50. The summed E-state index contributed by atoms with van der Waals surface area (Å²) in [6, 6.07) is -0.390. The Morgan fingerprint density at radius 1 is 1.30 bits per heavy atom. The van der Waals surface area contributed by atoms with Crippen molar-refractivity contribution in [3.8, 4) is 0 Å². The van der Waals surface area contributed by atoms with Gasteiger partial charge in [-0.05, 0) is 18.8 Å². The molecule has 0 spiro atoms. The van der Waals surface area contributed by atoms with Crippen molar-refractivity contribution in [2.24, 2.45) is 5.92 Å². The summed E-state index contributed by atoms with van der Waals surface area (Å²) in [4.78, 5) is 25.6. The first-order valence-corrected chi connectivity index (χ1v) is 7.80. The molecule has 0 radical (unpaired) electrons. The van der Waals surface area contributed by atoms with Gasteiger partial charge in [0.2, 0.25) is 11.8 Å². The molecule has 1 saturated heterocycles. The van der Waals surface area contributed by atoms with E-state index in [0.717, 1.165) is 19.3 Å². The largest absolute Gasteiger partial charge is 0.391 e. The van der Waals surface area contributed by atoms with Crippen molar-refractivity contribution >= 4 is 11.8 Å². The Balaban J connectivity index is 2.49. The fourth-order valence-corrected chi connectivity index (χ4v) is 2.87. The molecule has 1 aliphatic heterocycles. The van der Waals surface area contributed by atoms with Crippen LogP contribution in [-0.2, 0) is 9.59 Å². The normalized spacial score (nSPS) is 18.4. The third-order valence-electron chi connectivity index (χ3n) is 4.25. The zero-order valence-corrected chi connectivity index (χ0v) is 12.9.